The number of hydrogen-bond donors (Lipinski definition) is 1. The van der Waals surface area contributed by atoms with Gasteiger partial charge in [-0.1, -0.05) is 38.1 Å². The summed E-state index contributed by atoms with van der Waals surface area (Å²) in [6.45, 7) is 12.2. The number of rotatable bonds is 6. The molecule has 0 aliphatic carbocycles. The summed E-state index contributed by atoms with van der Waals surface area (Å²) in [6.07, 6.45) is 2.23. The van der Waals surface area contributed by atoms with Crippen LogP contribution in [0.4, 0.5) is 0 Å². The van der Waals surface area contributed by atoms with Crippen molar-refractivity contribution in [3.63, 3.8) is 0 Å². The molecular weight excluding hydrogens is 441 g/mol. The molecule has 2 aliphatic heterocycles. The van der Waals surface area contributed by atoms with E-state index in [9.17, 15) is 14.7 Å². The number of benzene rings is 1. The Labute approximate surface area is 195 Å². The van der Waals surface area contributed by atoms with E-state index < -0.39 is 0 Å². The second-order valence-corrected chi connectivity index (χ2v) is 8.58. The summed E-state index contributed by atoms with van der Waals surface area (Å²) in [7, 11) is 0. The van der Waals surface area contributed by atoms with E-state index >= 15 is 0 Å². The SMILES string of the molecule is C=CC(=O)N1CC(N2CCN(C(=O)CCc3cc(C(C)C)c(Cl)cc3O)CC2)C1.[V]. The predicted molar refractivity (Wildman–Crippen MR) is 114 cm³/mol. The van der Waals surface area contributed by atoms with Gasteiger partial charge in [-0.05, 0) is 35.6 Å². The van der Waals surface area contributed by atoms with Gasteiger partial charge in [0.25, 0.3) is 0 Å². The van der Waals surface area contributed by atoms with Gasteiger partial charge in [0.1, 0.15) is 5.75 Å². The van der Waals surface area contributed by atoms with Gasteiger partial charge in [-0.15, -0.1) is 0 Å². The number of aryl methyl sites for hydroxylation is 1. The van der Waals surface area contributed by atoms with Gasteiger partial charge in [0.05, 0.1) is 0 Å². The van der Waals surface area contributed by atoms with Crippen molar-refractivity contribution in [2.75, 3.05) is 39.3 Å². The van der Waals surface area contributed by atoms with Gasteiger partial charge >= 0.3 is 0 Å². The van der Waals surface area contributed by atoms with Gasteiger partial charge in [-0.2, -0.15) is 0 Å². The maximum absolute atomic E-state index is 12.6. The van der Waals surface area contributed by atoms with Crippen molar-refractivity contribution in [1.29, 1.82) is 0 Å². The minimum atomic E-state index is -0.0128. The van der Waals surface area contributed by atoms with Gasteiger partial charge < -0.3 is 14.9 Å². The topological polar surface area (TPSA) is 64.1 Å². The van der Waals surface area contributed by atoms with Gasteiger partial charge in [0, 0.05) is 75.3 Å². The number of phenolic OH excluding ortho intramolecular Hbond substituents is 1. The molecule has 3 rings (SSSR count). The number of aromatic hydroxyl groups is 1. The third-order valence-corrected chi connectivity index (χ3v) is 6.29. The molecule has 0 unspecified atom stereocenters. The van der Waals surface area contributed by atoms with Crippen molar-refractivity contribution < 1.29 is 33.3 Å². The molecule has 1 N–H and O–H groups in total. The van der Waals surface area contributed by atoms with Gasteiger partial charge in [-0.3, -0.25) is 14.5 Å². The van der Waals surface area contributed by atoms with Crippen LogP contribution in [-0.2, 0) is 34.6 Å². The van der Waals surface area contributed by atoms with Crippen molar-refractivity contribution in [2.24, 2.45) is 0 Å². The Bertz CT molecular complexity index is 788. The van der Waals surface area contributed by atoms with Crippen LogP contribution in [0.1, 0.15) is 37.3 Å². The van der Waals surface area contributed by atoms with E-state index in [1.54, 1.807) is 11.0 Å². The summed E-state index contributed by atoms with van der Waals surface area (Å²) in [5.41, 5.74) is 1.76. The number of hydrogen-bond acceptors (Lipinski definition) is 4. The van der Waals surface area contributed by atoms with Crippen LogP contribution in [-0.4, -0.2) is 76.9 Å². The Balaban J connectivity index is 0.00000320. The Kier molecular flexibility index (Phi) is 8.86. The van der Waals surface area contributed by atoms with Crippen LogP contribution in [0.5, 0.6) is 5.75 Å². The van der Waals surface area contributed by atoms with Gasteiger partial charge in [0.2, 0.25) is 11.8 Å². The molecule has 0 atom stereocenters. The average molecular weight is 471 g/mol. The molecule has 8 heteroatoms. The second kappa shape index (κ2) is 10.7. The van der Waals surface area contributed by atoms with E-state index in [-0.39, 0.29) is 42.0 Å². The van der Waals surface area contributed by atoms with Crippen LogP contribution in [0.3, 0.4) is 0 Å². The Hall–Kier alpha value is -1.47. The number of piperazine rings is 1. The minimum Gasteiger partial charge on any atom is -0.508 e. The standard InChI is InChI=1S/C22H30ClN3O3.V/c1-4-21(28)26-13-17(14-26)24-7-9-25(10-8-24)22(29)6-5-16-11-18(15(2)3)19(23)12-20(16)27;/h4,11-12,15,17,27H,1,5-10,13-14H2,2-3H3;. The molecule has 0 aromatic heterocycles. The van der Waals surface area contributed by atoms with Crippen molar-refractivity contribution >= 4 is 23.4 Å². The first-order valence-corrected chi connectivity index (χ1v) is 10.6. The number of carbonyl (C=O) groups is 2. The fourth-order valence-corrected chi connectivity index (χ4v) is 4.38. The molecule has 0 spiro atoms. The Morgan fingerprint density at radius 2 is 1.83 bits per heavy atom. The molecule has 1 aromatic rings. The predicted octanol–water partition coefficient (Wildman–Crippen LogP) is 2.64. The third-order valence-electron chi connectivity index (χ3n) is 5.96. The maximum Gasteiger partial charge on any atom is 0.246 e. The Morgan fingerprint density at radius 1 is 1.20 bits per heavy atom. The summed E-state index contributed by atoms with van der Waals surface area (Å²) in [5.74, 6) is 0.513. The molecule has 2 heterocycles. The zero-order valence-corrected chi connectivity index (χ0v) is 19.8. The van der Waals surface area contributed by atoms with Gasteiger partial charge in [-0.25, -0.2) is 0 Å². The number of likely N-dealkylation sites (tertiary alicyclic amines) is 1. The second-order valence-electron chi connectivity index (χ2n) is 8.18. The Morgan fingerprint density at radius 3 is 2.40 bits per heavy atom. The summed E-state index contributed by atoms with van der Waals surface area (Å²) < 4.78 is 0. The molecule has 0 bridgehead atoms. The monoisotopic (exact) mass is 470 g/mol. The van der Waals surface area contributed by atoms with E-state index in [0.29, 0.717) is 37.0 Å². The van der Waals surface area contributed by atoms with Crippen LogP contribution >= 0.6 is 11.6 Å². The first-order chi connectivity index (χ1) is 13.8. The molecule has 2 fully saturated rings. The van der Waals surface area contributed by atoms with Crippen LogP contribution in [0.2, 0.25) is 5.02 Å². The van der Waals surface area contributed by atoms with Crippen LogP contribution in [0.15, 0.2) is 24.8 Å². The summed E-state index contributed by atoms with van der Waals surface area (Å²) in [5, 5.41) is 10.7. The molecule has 2 saturated heterocycles. The smallest absolute Gasteiger partial charge is 0.246 e. The fourth-order valence-electron chi connectivity index (χ4n) is 4.00. The van der Waals surface area contributed by atoms with Crippen molar-refractivity contribution in [1.82, 2.24) is 14.7 Å². The zero-order valence-electron chi connectivity index (χ0n) is 17.7. The van der Waals surface area contributed by atoms with Crippen LogP contribution in [0, 0.1) is 0 Å². The normalized spacial score (nSPS) is 17.5. The van der Waals surface area contributed by atoms with E-state index in [2.05, 4.69) is 25.3 Å². The van der Waals surface area contributed by atoms with E-state index in [0.717, 1.165) is 37.3 Å². The molecule has 1 aromatic carbocycles. The molecular formula is C22H30ClN3O3V. The molecule has 2 aliphatic rings. The third kappa shape index (κ3) is 5.61. The number of amides is 2. The molecule has 1 radical (unpaired) electrons. The first kappa shape index (κ1) is 24.8. The largest absolute Gasteiger partial charge is 0.508 e. The van der Waals surface area contributed by atoms with Crippen molar-refractivity contribution in [3.05, 3.63) is 40.9 Å². The van der Waals surface area contributed by atoms with E-state index in [4.69, 9.17) is 11.6 Å². The van der Waals surface area contributed by atoms with Gasteiger partial charge in [0.15, 0.2) is 0 Å². The fraction of sp³-hybridized carbons (Fsp3) is 0.545. The number of halogens is 1. The average Bonchev–Trinajstić information content (AvgIpc) is 2.66. The molecule has 2 amide bonds. The van der Waals surface area contributed by atoms with E-state index in [1.807, 2.05) is 11.0 Å². The van der Waals surface area contributed by atoms with Crippen LogP contribution in [0.25, 0.3) is 0 Å². The zero-order chi connectivity index (χ0) is 21.1. The maximum atomic E-state index is 12.6. The molecule has 6 nitrogen and oxygen atoms in total. The minimum absolute atomic E-state index is 0. The number of phenols is 1. The van der Waals surface area contributed by atoms with Crippen molar-refractivity contribution in [3.8, 4) is 5.75 Å². The molecule has 30 heavy (non-hydrogen) atoms. The van der Waals surface area contributed by atoms with Crippen LogP contribution < -0.4 is 0 Å². The van der Waals surface area contributed by atoms with E-state index in [1.165, 1.54) is 6.08 Å². The molecule has 0 saturated carbocycles. The summed E-state index contributed by atoms with van der Waals surface area (Å²) in [4.78, 5) is 30.3. The number of nitrogens with zero attached hydrogens (tertiary/aromatic N) is 3. The summed E-state index contributed by atoms with van der Waals surface area (Å²) in [6, 6.07) is 3.88. The quantitative estimate of drug-likeness (QED) is 0.649. The first-order valence-electron chi connectivity index (χ1n) is 10.2. The van der Waals surface area contributed by atoms with Crippen molar-refractivity contribution in [2.45, 2.75) is 38.6 Å². The number of carbonyl (C=O) groups excluding carboxylic acids is 2. The summed E-state index contributed by atoms with van der Waals surface area (Å²) >= 11 is 6.21. The molecule has 163 valence electrons.